The summed E-state index contributed by atoms with van der Waals surface area (Å²) in [6, 6.07) is 21.8. The maximum atomic E-state index is 12.4. The summed E-state index contributed by atoms with van der Waals surface area (Å²) in [7, 11) is 0. The van der Waals surface area contributed by atoms with Crippen LogP contribution < -0.4 is 15.0 Å². The maximum absolute atomic E-state index is 12.4. The van der Waals surface area contributed by atoms with Gasteiger partial charge in [-0.2, -0.15) is 0 Å². The Hall–Kier alpha value is -3.31. The van der Waals surface area contributed by atoms with Gasteiger partial charge in [0.05, 0.1) is 12.2 Å². The minimum Gasteiger partial charge on any atom is -0.481 e. The Balaban J connectivity index is 1.56. The van der Waals surface area contributed by atoms with E-state index in [2.05, 4.69) is 5.32 Å². The third kappa shape index (κ3) is 3.85. The number of nitrogens with one attached hydrogen (secondary N) is 1. The first-order valence-corrected chi connectivity index (χ1v) is 9.16. The van der Waals surface area contributed by atoms with Crippen molar-refractivity contribution in [3.05, 3.63) is 88.9 Å². The zero-order chi connectivity index (χ0) is 19.5. The lowest BCUT2D eigenvalue weighted by Crippen LogP contribution is -2.38. The van der Waals surface area contributed by atoms with Crippen molar-refractivity contribution in [3.63, 3.8) is 0 Å². The number of fused-ring (bicyclic) bond motifs is 1. The normalized spacial score (nSPS) is 12.9. The molecule has 0 radical (unpaired) electrons. The molecular formula is C22H17ClN2O3. The van der Waals surface area contributed by atoms with Crippen LogP contribution in [0.5, 0.6) is 5.75 Å². The predicted molar refractivity (Wildman–Crippen MR) is 109 cm³/mol. The molecule has 1 aliphatic rings. The number of carbonyl (C=O) groups excluding carboxylic acids is 2. The number of anilines is 2. The smallest absolute Gasteiger partial charge is 0.265 e. The topological polar surface area (TPSA) is 58.6 Å². The summed E-state index contributed by atoms with van der Waals surface area (Å²) in [6.07, 6.45) is 0. The summed E-state index contributed by atoms with van der Waals surface area (Å²) in [5.74, 6) is 0.182. The third-order valence-corrected chi connectivity index (χ3v) is 4.67. The molecule has 6 heteroatoms. The second-order valence-corrected chi connectivity index (χ2v) is 6.84. The van der Waals surface area contributed by atoms with E-state index in [1.165, 1.54) is 0 Å². The van der Waals surface area contributed by atoms with Crippen LogP contribution in [0, 0.1) is 0 Å². The summed E-state index contributed by atoms with van der Waals surface area (Å²) in [6.45, 7) is 0.426. The van der Waals surface area contributed by atoms with E-state index in [0.717, 1.165) is 5.56 Å². The first-order valence-electron chi connectivity index (χ1n) is 8.78. The van der Waals surface area contributed by atoms with Gasteiger partial charge in [0.2, 0.25) is 0 Å². The van der Waals surface area contributed by atoms with Gasteiger partial charge in [-0.25, -0.2) is 0 Å². The molecule has 2 amide bonds. The highest BCUT2D eigenvalue weighted by molar-refractivity contribution is 6.31. The summed E-state index contributed by atoms with van der Waals surface area (Å²) >= 11 is 5.95. The zero-order valence-corrected chi connectivity index (χ0v) is 15.6. The van der Waals surface area contributed by atoms with Gasteiger partial charge in [-0.05, 0) is 35.9 Å². The fourth-order valence-corrected chi connectivity index (χ4v) is 3.24. The van der Waals surface area contributed by atoms with Gasteiger partial charge in [-0.15, -0.1) is 0 Å². The number of rotatable bonds is 4. The van der Waals surface area contributed by atoms with E-state index in [-0.39, 0.29) is 18.4 Å². The van der Waals surface area contributed by atoms with Gasteiger partial charge in [0.25, 0.3) is 11.8 Å². The van der Waals surface area contributed by atoms with Crippen molar-refractivity contribution in [1.82, 2.24) is 0 Å². The Morgan fingerprint density at radius 1 is 1.04 bits per heavy atom. The molecule has 28 heavy (non-hydrogen) atoms. The van der Waals surface area contributed by atoms with Gasteiger partial charge in [-0.3, -0.25) is 9.59 Å². The largest absolute Gasteiger partial charge is 0.481 e. The molecule has 0 saturated carbocycles. The van der Waals surface area contributed by atoms with E-state index in [1.54, 1.807) is 47.4 Å². The Kier molecular flexibility index (Phi) is 5.00. The number of ether oxygens (including phenoxy) is 1. The van der Waals surface area contributed by atoms with Crippen molar-refractivity contribution >= 4 is 34.8 Å². The Morgan fingerprint density at radius 2 is 1.86 bits per heavy atom. The van der Waals surface area contributed by atoms with Crippen LogP contribution in [0.1, 0.15) is 15.9 Å². The number of carbonyl (C=O) groups is 2. The van der Waals surface area contributed by atoms with Gasteiger partial charge >= 0.3 is 0 Å². The molecule has 0 bridgehead atoms. The van der Waals surface area contributed by atoms with Crippen LogP contribution in [0.2, 0.25) is 5.02 Å². The van der Waals surface area contributed by atoms with Crippen molar-refractivity contribution < 1.29 is 14.3 Å². The van der Waals surface area contributed by atoms with Crippen LogP contribution >= 0.6 is 11.6 Å². The number of nitrogens with zero attached hydrogens (tertiary/aromatic N) is 1. The molecular weight excluding hydrogens is 376 g/mol. The maximum Gasteiger partial charge on any atom is 0.265 e. The van der Waals surface area contributed by atoms with Crippen molar-refractivity contribution in [2.75, 3.05) is 16.8 Å². The van der Waals surface area contributed by atoms with Crippen molar-refractivity contribution in [2.24, 2.45) is 0 Å². The van der Waals surface area contributed by atoms with E-state index < -0.39 is 0 Å². The lowest BCUT2D eigenvalue weighted by atomic mass is 10.1. The van der Waals surface area contributed by atoms with E-state index in [1.807, 2.05) is 30.3 Å². The molecule has 5 nitrogen and oxygen atoms in total. The molecule has 4 rings (SSSR count). The van der Waals surface area contributed by atoms with E-state index in [0.29, 0.717) is 34.3 Å². The first-order chi connectivity index (χ1) is 13.6. The van der Waals surface area contributed by atoms with Crippen LogP contribution in [0.3, 0.4) is 0 Å². The Morgan fingerprint density at radius 3 is 2.64 bits per heavy atom. The highest BCUT2D eigenvalue weighted by Crippen LogP contribution is 2.35. The van der Waals surface area contributed by atoms with Gasteiger partial charge in [-0.1, -0.05) is 48.0 Å². The minimum absolute atomic E-state index is 0.0362. The Bertz CT molecular complexity index is 1040. The van der Waals surface area contributed by atoms with Crippen LogP contribution in [-0.4, -0.2) is 18.4 Å². The quantitative estimate of drug-likeness (QED) is 0.710. The lowest BCUT2D eigenvalue weighted by molar-refractivity contribution is -0.121. The third-order valence-electron chi connectivity index (χ3n) is 4.43. The van der Waals surface area contributed by atoms with E-state index >= 15 is 0 Å². The minimum atomic E-state index is -0.268. The number of hydrogen-bond acceptors (Lipinski definition) is 3. The first kappa shape index (κ1) is 18.1. The Labute approximate surface area is 167 Å². The number of halogens is 1. The van der Waals surface area contributed by atoms with Gasteiger partial charge in [0, 0.05) is 22.3 Å². The fourth-order valence-electron chi connectivity index (χ4n) is 3.05. The summed E-state index contributed by atoms with van der Waals surface area (Å²) in [5.41, 5.74) is 2.76. The summed E-state index contributed by atoms with van der Waals surface area (Å²) in [5, 5.41) is 3.33. The molecule has 0 aliphatic carbocycles. The van der Waals surface area contributed by atoms with Crippen LogP contribution in [0.4, 0.5) is 11.4 Å². The molecule has 0 saturated heterocycles. The molecule has 140 valence electrons. The summed E-state index contributed by atoms with van der Waals surface area (Å²) < 4.78 is 5.59. The molecule has 0 aromatic heterocycles. The SMILES string of the molecule is O=C(Nc1ccc2c(c1)OCC(=O)N2Cc1ccccc1)c1cccc(Cl)c1. The average Bonchev–Trinajstić information content (AvgIpc) is 2.71. The van der Waals surface area contributed by atoms with Crippen LogP contribution in [0.15, 0.2) is 72.8 Å². The van der Waals surface area contributed by atoms with Gasteiger partial charge in [0.15, 0.2) is 6.61 Å². The standard InChI is InChI=1S/C22H17ClN2O3/c23-17-8-4-7-16(11-17)22(27)24-18-9-10-19-20(12-18)28-14-21(26)25(19)13-15-5-2-1-3-6-15/h1-12H,13-14H2,(H,24,27). The lowest BCUT2D eigenvalue weighted by Gasteiger charge is -2.29. The molecule has 0 spiro atoms. The number of hydrogen-bond donors (Lipinski definition) is 1. The molecule has 0 atom stereocenters. The monoisotopic (exact) mass is 392 g/mol. The molecule has 0 unspecified atom stereocenters. The van der Waals surface area contributed by atoms with E-state index in [4.69, 9.17) is 16.3 Å². The second kappa shape index (κ2) is 7.74. The second-order valence-electron chi connectivity index (χ2n) is 6.40. The fraction of sp³-hybridized carbons (Fsp3) is 0.0909. The molecule has 1 heterocycles. The predicted octanol–water partition coefficient (Wildman–Crippen LogP) is 4.52. The average molecular weight is 393 g/mol. The van der Waals surface area contributed by atoms with Crippen molar-refractivity contribution in [3.8, 4) is 5.75 Å². The zero-order valence-electron chi connectivity index (χ0n) is 14.9. The molecule has 3 aromatic carbocycles. The number of amides is 2. The van der Waals surface area contributed by atoms with Crippen molar-refractivity contribution in [1.29, 1.82) is 0 Å². The van der Waals surface area contributed by atoms with Gasteiger partial charge < -0.3 is 15.0 Å². The molecule has 3 aromatic rings. The molecule has 0 fully saturated rings. The highest BCUT2D eigenvalue weighted by atomic mass is 35.5. The van der Waals surface area contributed by atoms with E-state index in [9.17, 15) is 9.59 Å². The van der Waals surface area contributed by atoms with Gasteiger partial charge in [0.1, 0.15) is 5.75 Å². The molecule has 1 N–H and O–H groups in total. The number of benzene rings is 3. The van der Waals surface area contributed by atoms with Crippen LogP contribution in [-0.2, 0) is 11.3 Å². The van der Waals surface area contributed by atoms with Crippen LogP contribution in [0.25, 0.3) is 0 Å². The summed E-state index contributed by atoms with van der Waals surface area (Å²) in [4.78, 5) is 26.5. The molecule has 1 aliphatic heterocycles. The van der Waals surface area contributed by atoms with Crippen molar-refractivity contribution in [2.45, 2.75) is 6.54 Å². The highest BCUT2D eigenvalue weighted by Gasteiger charge is 2.26.